The van der Waals surface area contributed by atoms with Crippen LogP contribution in [0.15, 0.2) is 109 Å². The fourth-order valence-electron chi connectivity index (χ4n) is 5.32. The third kappa shape index (κ3) is 3.97. The van der Waals surface area contributed by atoms with Crippen LogP contribution in [0, 0.1) is 18.3 Å². The van der Waals surface area contributed by atoms with Gasteiger partial charge in [-0.1, -0.05) is 66.7 Å². The van der Waals surface area contributed by atoms with Crippen molar-refractivity contribution in [3.05, 3.63) is 137 Å². The van der Waals surface area contributed by atoms with Crippen LogP contribution < -0.4 is 4.90 Å². The van der Waals surface area contributed by atoms with E-state index in [1.807, 2.05) is 42.6 Å². The average molecular weight is 494 g/mol. The zero-order chi connectivity index (χ0) is 26.1. The molecule has 0 N–H and O–H groups in total. The smallest absolute Gasteiger partial charge is 0.157 e. The Morgan fingerprint density at radius 3 is 2.32 bits per heavy atom. The number of nitriles is 1. The molecule has 6 rings (SSSR count). The predicted octanol–water partition coefficient (Wildman–Crippen LogP) is 7.55. The molecule has 6 aromatic rings. The number of para-hydroxylation sites is 3. The zero-order valence-electron chi connectivity index (χ0n) is 21.4. The van der Waals surface area contributed by atoms with Gasteiger partial charge < -0.3 is 4.90 Å². The van der Waals surface area contributed by atoms with Gasteiger partial charge in [-0.15, -0.1) is 0 Å². The predicted molar refractivity (Wildman–Crippen MR) is 153 cm³/mol. The van der Waals surface area contributed by atoms with Crippen LogP contribution in [0.2, 0.25) is 0 Å². The Morgan fingerprint density at radius 1 is 0.895 bits per heavy atom. The van der Waals surface area contributed by atoms with Gasteiger partial charge in [-0.25, -0.2) is 4.98 Å². The van der Waals surface area contributed by atoms with Crippen molar-refractivity contribution in [1.82, 2.24) is 14.4 Å². The van der Waals surface area contributed by atoms with E-state index in [-0.39, 0.29) is 6.04 Å². The molecule has 0 fully saturated rings. The first-order valence-electron chi connectivity index (χ1n) is 12.8. The van der Waals surface area contributed by atoms with Gasteiger partial charge >= 0.3 is 0 Å². The van der Waals surface area contributed by atoms with E-state index in [0.29, 0.717) is 17.6 Å². The summed E-state index contributed by atoms with van der Waals surface area (Å²) >= 11 is 0. The lowest BCUT2D eigenvalue weighted by atomic mass is 9.96. The Kier molecular flexibility index (Phi) is 6.07. The normalized spacial score (nSPS) is 11.9. The van der Waals surface area contributed by atoms with E-state index in [2.05, 4.69) is 94.9 Å². The molecule has 3 heterocycles. The Hall–Kier alpha value is -4.95. The van der Waals surface area contributed by atoms with Crippen molar-refractivity contribution >= 4 is 28.2 Å². The highest BCUT2D eigenvalue weighted by Crippen LogP contribution is 2.42. The monoisotopic (exact) mass is 493 g/mol. The maximum absolute atomic E-state index is 10.3. The molecule has 0 saturated heterocycles. The lowest BCUT2D eigenvalue weighted by Gasteiger charge is -2.35. The molecule has 1 unspecified atom stereocenters. The number of benzene rings is 3. The summed E-state index contributed by atoms with van der Waals surface area (Å²) in [7, 11) is 0. The fourth-order valence-corrected chi connectivity index (χ4v) is 5.32. The van der Waals surface area contributed by atoms with Crippen LogP contribution in [0.4, 0.5) is 11.5 Å². The molecule has 0 radical (unpaired) electrons. The van der Waals surface area contributed by atoms with Crippen molar-refractivity contribution in [3.8, 4) is 6.07 Å². The summed E-state index contributed by atoms with van der Waals surface area (Å²) in [6, 6.07) is 35.5. The first kappa shape index (κ1) is 23.4. The molecule has 184 valence electrons. The molecule has 5 heteroatoms. The summed E-state index contributed by atoms with van der Waals surface area (Å²) in [6.45, 7) is 4.26. The minimum Gasteiger partial charge on any atom is -0.320 e. The van der Waals surface area contributed by atoms with Gasteiger partial charge in [0.05, 0.1) is 22.6 Å². The van der Waals surface area contributed by atoms with Crippen LogP contribution in [0.5, 0.6) is 0 Å². The van der Waals surface area contributed by atoms with Gasteiger partial charge in [0.15, 0.2) is 5.65 Å². The number of hydrogen-bond donors (Lipinski definition) is 0. The third-order valence-electron chi connectivity index (χ3n) is 7.25. The van der Waals surface area contributed by atoms with Crippen LogP contribution in [-0.2, 0) is 6.42 Å². The summed E-state index contributed by atoms with van der Waals surface area (Å²) in [5.41, 5.74) is 8.52. The van der Waals surface area contributed by atoms with Crippen molar-refractivity contribution in [3.63, 3.8) is 0 Å². The summed E-state index contributed by atoms with van der Waals surface area (Å²) in [5, 5.41) is 10.3. The lowest BCUT2D eigenvalue weighted by Crippen LogP contribution is -2.26. The van der Waals surface area contributed by atoms with Gasteiger partial charge in [0.1, 0.15) is 11.9 Å². The first-order chi connectivity index (χ1) is 18.7. The van der Waals surface area contributed by atoms with E-state index in [9.17, 15) is 5.26 Å². The van der Waals surface area contributed by atoms with Crippen molar-refractivity contribution < 1.29 is 0 Å². The number of pyridine rings is 2. The Labute approximate surface area is 222 Å². The summed E-state index contributed by atoms with van der Waals surface area (Å²) < 4.78 is 2.18. The number of fused-ring (bicyclic) bond motifs is 3. The van der Waals surface area contributed by atoms with E-state index < -0.39 is 0 Å². The van der Waals surface area contributed by atoms with Crippen molar-refractivity contribution in [2.75, 3.05) is 4.90 Å². The number of aromatic nitrogens is 3. The Bertz CT molecular complexity index is 1770. The quantitative estimate of drug-likeness (QED) is 0.240. The second-order valence-corrected chi connectivity index (χ2v) is 9.50. The molecule has 38 heavy (non-hydrogen) atoms. The minimum atomic E-state index is -0.0441. The maximum Gasteiger partial charge on any atom is 0.157 e. The van der Waals surface area contributed by atoms with Crippen molar-refractivity contribution in [2.45, 2.75) is 26.3 Å². The molecule has 0 aliphatic heterocycles. The van der Waals surface area contributed by atoms with Gasteiger partial charge in [-0.2, -0.15) is 5.26 Å². The average Bonchev–Trinajstić information content (AvgIpc) is 3.35. The molecule has 3 aromatic carbocycles. The topological polar surface area (TPSA) is 57.2 Å². The number of hydrogen-bond acceptors (Lipinski definition) is 4. The molecule has 0 spiro atoms. The molecule has 0 aliphatic rings. The largest absolute Gasteiger partial charge is 0.320 e. The van der Waals surface area contributed by atoms with Crippen LogP contribution in [0.25, 0.3) is 16.7 Å². The molecule has 3 aromatic heterocycles. The van der Waals surface area contributed by atoms with Gasteiger partial charge in [-0.05, 0) is 60.9 Å². The van der Waals surface area contributed by atoms with E-state index in [1.54, 1.807) is 6.20 Å². The van der Waals surface area contributed by atoms with Gasteiger partial charge in [0.25, 0.3) is 0 Å². The summed E-state index contributed by atoms with van der Waals surface area (Å²) in [5.74, 6) is 1.01. The fraction of sp³-hybridized carbons (Fsp3) is 0.121. The van der Waals surface area contributed by atoms with Crippen LogP contribution in [-0.4, -0.2) is 14.4 Å². The second kappa shape index (κ2) is 9.84. The van der Waals surface area contributed by atoms with E-state index in [0.717, 1.165) is 39.2 Å². The van der Waals surface area contributed by atoms with Gasteiger partial charge in [0, 0.05) is 30.1 Å². The summed E-state index contributed by atoms with van der Waals surface area (Å²) in [6.07, 6.45) is 4.41. The molecule has 5 nitrogen and oxygen atoms in total. The molecule has 1 atom stereocenters. The second-order valence-electron chi connectivity index (χ2n) is 9.50. The highest BCUT2D eigenvalue weighted by Gasteiger charge is 2.28. The number of nitrogens with zero attached hydrogens (tertiary/aromatic N) is 5. The van der Waals surface area contributed by atoms with E-state index in [1.165, 1.54) is 5.56 Å². The van der Waals surface area contributed by atoms with Crippen molar-refractivity contribution in [1.29, 1.82) is 5.26 Å². The Balaban J connectivity index is 1.76. The van der Waals surface area contributed by atoms with Crippen molar-refractivity contribution in [2.24, 2.45) is 0 Å². The number of imidazole rings is 1. The highest BCUT2D eigenvalue weighted by atomic mass is 15.3. The third-order valence-corrected chi connectivity index (χ3v) is 7.25. The SMILES string of the molecule is Cc1c(Cc2ccccc2)c(N(c2ccccc2)C(C)c2cccnc2)n2c(nc3ccccc32)c1C#N. The van der Waals surface area contributed by atoms with E-state index >= 15 is 0 Å². The van der Waals surface area contributed by atoms with E-state index in [4.69, 9.17) is 4.98 Å². The van der Waals surface area contributed by atoms with Gasteiger partial charge in [0.2, 0.25) is 0 Å². The molecule has 0 aliphatic carbocycles. The van der Waals surface area contributed by atoms with Crippen LogP contribution in [0.1, 0.15) is 40.8 Å². The zero-order valence-corrected chi connectivity index (χ0v) is 21.4. The molecule has 0 amide bonds. The molecule has 0 bridgehead atoms. The minimum absolute atomic E-state index is 0.0441. The van der Waals surface area contributed by atoms with Gasteiger partial charge in [-0.3, -0.25) is 9.38 Å². The van der Waals surface area contributed by atoms with Crippen LogP contribution >= 0.6 is 0 Å². The first-order valence-corrected chi connectivity index (χ1v) is 12.8. The maximum atomic E-state index is 10.3. The Morgan fingerprint density at radius 2 is 1.61 bits per heavy atom. The molecular weight excluding hydrogens is 466 g/mol. The molecule has 0 saturated carbocycles. The number of anilines is 2. The number of rotatable bonds is 6. The summed E-state index contributed by atoms with van der Waals surface area (Å²) in [4.78, 5) is 11.8. The molecular formula is C33H27N5. The lowest BCUT2D eigenvalue weighted by molar-refractivity contribution is 0.748. The standard InChI is InChI=1S/C33H27N5/c1-23-28(20-25-12-5-3-6-13-25)33(38-31-18-10-9-17-30(31)36-32(38)29(23)21-34)37(27-15-7-4-8-16-27)24(2)26-14-11-19-35-22-26/h3-19,22,24H,20H2,1-2H3. The van der Waals surface area contributed by atoms with Crippen LogP contribution in [0.3, 0.4) is 0 Å². The highest BCUT2D eigenvalue weighted by molar-refractivity contribution is 5.87.